The molecule has 2 heterocycles. The number of anilines is 1. The summed E-state index contributed by atoms with van der Waals surface area (Å²) in [4.78, 5) is 24.6. The molecule has 0 fully saturated rings. The molecule has 1 atom stereocenters. The molecule has 3 N–H and O–H groups in total. The van der Waals surface area contributed by atoms with E-state index in [2.05, 4.69) is 22.5 Å². The van der Waals surface area contributed by atoms with Gasteiger partial charge in [-0.2, -0.15) is 0 Å². The second-order valence-electron chi connectivity index (χ2n) is 6.87. The van der Waals surface area contributed by atoms with E-state index in [-0.39, 0.29) is 17.7 Å². The van der Waals surface area contributed by atoms with Gasteiger partial charge in [-0.3, -0.25) is 9.59 Å². The molecule has 0 saturated carbocycles. The van der Waals surface area contributed by atoms with Crippen molar-refractivity contribution in [3.8, 4) is 0 Å². The molecular weight excluding hydrogens is 378 g/mol. The molecule has 2 aromatic rings. The number of hydrogen-bond acceptors (Lipinski definition) is 5. The van der Waals surface area contributed by atoms with Gasteiger partial charge in [0.15, 0.2) is 0 Å². The van der Waals surface area contributed by atoms with Crippen LogP contribution < -0.4 is 16.0 Å². The number of aryl methyl sites for hydroxylation is 1. The Hall–Kier alpha value is -2.99. The average Bonchev–Trinajstić information content (AvgIpc) is 3.29. The molecule has 0 radical (unpaired) electrons. The normalized spacial score (nSPS) is 16.6. The molecule has 7 heteroatoms. The first-order valence-electron chi connectivity index (χ1n) is 9.08. The van der Waals surface area contributed by atoms with E-state index in [1.54, 1.807) is 12.1 Å². The highest BCUT2D eigenvalue weighted by Gasteiger charge is 2.35. The van der Waals surface area contributed by atoms with Gasteiger partial charge in [0, 0.05) is 22.7 Å². The predicted octanol–water partition coefficient (Wildman–Crippen LogP) is 3.99. The van der Waals surface area contributed by atoms with E-state index >= 15 is 0 Å². The van der Waals surface area contributed by atoms with Crippen molar-refractivity contribution in [3.63, 3.8) is 0 Å². The van der Waals surface area contributed by atoms with Crippen LogP contribution in [0.1, 0.15) is 46.8 Å². The van der Waals surface area contributed by atoms with Crippen LogP contribution in [-0.4, -0.2) is 11.7 Å². The van der Waals surface area contributed by atoms with Gasteiger partial charge < -0.3 is 20.4 Å². The van der Waals surface area contributed by atoms with E-state index in [4.69, 9.17) is 16.0 Å². The molecule has 0 saturated heterocycles. The van der Waals surface area contributed by atoms with Crippen LogP contribution in [0.25, 0.3) is 0 Å². The van der Waals surface area contributed by atoms with E-state index in [9.17, 15) is 9.59 Å². The average molecular weight is 398 g/mol. The molecular formula is C21H20ClN3O3. The summed E-state index contributed by atoms with van der Waals surface area (Å²) in [7, 11) is 0. The third kappa shape index (κ3) is 2.90. The molecule has 1 aliphatic heterocycles. The van der Waals surface area contributed by atoms with Gasteiger partial charge in [0.05, 0.1) is 23.0 Å². The van der Waals surface area contributed by atoms with Crippen LogP contribution >= 0.6 is 11.6 Å². The molecule has 144 valence electrons. The Labute approximate surface area is 167 Å². The van der Waals surface area contributed by atoms with Crippen LogP contribution in [0.15, 0.2) is 52.2 Å². The fraction of sp³-hybridized carbons (Fsp3) is 0.238. The van der Waals surface area contributed by atoms with E-state index in [1.165, 1.54) is 0 Å². The monoisotopic (exact) mass is 397 g/mol. The molecule has 0 unspecified atom stereocenters. The number of carbonyl (C=O) groups is 2. The smallest absolute Gasteiger partial charge is 0.254 e. The highest BCUT2D eigenvalue weighted by molar-refractivity contribution is 6.32. The lowest BCUT2D eigenvalue weighted by atomic mass is 9.91. The minimum atomic E-state index is -0.210. The minimum absolute atomic E-state index is 0.0930. The summed E-state index contributed by atoms with van der Waals surface area (Å²) >= 11 is 6.19. The van der Waals surface area contributed by atoms with Crippen molar-refractivity contribution in [1.29, 1.82) is 0 Å². The molecule has 1 amide bonds. The summed E-state index contributed by atoms with van der Waals surface area (Å²) in [5, 5.41) is 9.74. The summed E-state index contributed by atoms with van der Waals surface area (Å²) in [6, 6.07) is 7.16. The van der Waals surface area contributed by atoms with E-state index in [0.717, 1.165) is 23.5 Å². The third-order valence-electron chi connectivity index (χ3n) is 5.05. The summed E-state index contributed by atoms with van der Waals surface area (Å²) in [6.07, 6.45) is 0.768. The number of carbonyl (C=O) groups excluding carboxylic acids is 2. The summed E-state index contributed by atoms with van der Waals surface area (Å²) < 4.78 is 5.72. The van der Waals surface area contributed by atoms with Gasteiger partial charge in [0.1, 0.15) is 17.2 Å². The zero-order valence-corrected chi connectivity index (χ0v) is 16.4. The molecule has 0 spiro atoms. The van der Waals surface area contributed by atoms with Crippen molar-refractivity contribution in [1.82, 2.24) is 10.6 Å². The lowest BCUT2D eigenvalue weighted by Crippen LogP contribution is -2.36. The van der Waals surface area contributed by atoms with Gasteiger partial charge in [-0.25, -0.2) is 0 Å². The number of halogens is 1. The van der Waals surface area contributed by atoms with Gasteiger partial charge in [0.2, 0.25) is 5.78 Å². The van der Waals surface area contributed by atoms with E-state index < -0.39 is 0 Å². The van der Waals surface area contributed by atoms with Crippen molar-refractivity contribution in [3.05, 3.63) is 75.5 Å². The predicted molar refractivity (Wildman–Crippen MR) is 107 cm³/mol. The summed E-state index contributed by atoms with van der Waals surface area (Å²) in [5.74, 6) is 1.23. The number of allylic oxidation sites excluding steroid dienone is 2. The fourth-order valence-electron chi connectivity index (χ4n) is 3.48. The van der Waals surface area contributed by atoms with Crippen LogP contribution in [0.5, 0.6) is 0 Å². The van der Waals surface area contributed by atoms with Crippen LogP contribution in [0.4, 0.5) is 5.69 Å². The minimum Gasteiger partial charge on any atom is -0.464 e. The lowest BCUT2D eigenvalue weighted by molar-refractivity contribution is -0.113. The highest BCUT2D eigenvalue weighted by Crippen LogP contribution is 2.35. The van der Waals surface area contributed by atoms with Crippen molar-refractivity contribution >= 4 is 29.0 Å². The second-order valence-corrected chi connectivity index (χ2v) is 7.27. The van der Waals surface area contributed by atoms with Crippen LogP contribution in [-0.2, 0) is 11.3 Å². The number of rotatable bonds is 6. The van der Waals surface area contributed by atoms with Crippen LogP contribution in [0.3, 0.4) is 0 Å². The second kappa shape index (κ2) is 6.87. The van der Waals surface area contributed by atoms with Crippen molar-refractivity contribution in [2.75, 3.05) is 5.32 Å². The Morgan fingerprint density at radius 2 is 2.04 bits per heavy atom. The molecule has 2 aliphatic rings. The number of ketones is 1. The van der Waals surface area contributed by atoms with Crippen LogP contribution in [0.2, 0.25) is 5.02 Å². The maximum atomic E-state index is 12.4. The largest absolute Gasteiger partial charge is 0.464 e. The third-order valence-corrected chi connectivity index (χ3v) is 5.41. The molecule has 6 nitrogen and oxygen atoms in total. The maximum absolute atomic E-state index is 12.4. The number of benzene rings is 1. The highest BCUT2D eigenvalue weighted by atomic mass is 35.5. The van der Waals surface area contributed by atoms with Crippen molar-refractivity contribution < 1.29 is 14.0 Å². The molecule has 1 aromatic carbocycles. The van der Waals surface area contributed by atoms with Gasteiger partial charge in [-0.15, -0.1) is 0 Å². The number of furan rings is 1. The number of hydrogen-bond donors (Lipinski definition) is 3. The number of nitrogens with one attached hydrogen (secondary N) is 3. The number of Topliss-reactive ketones (excluding diaryl/α,β-unsaturated/α-hetero) is 1. The molecule has 4 rings (SSSR count). The van der Waals surface area contributed by atoms with Gasteiger partial charge in [0.25, 0.3) is 5.91 Å². The fourth-order valence-corrected chi connectivity index (χ4v) is 3.71. The van der Waals surface area contributed by atoms with Crippen molar-refractivity contribution in [2.24, 2.45) is 0 Å². The standard InChI is InChI=1S/C21H20ClN3O3/c1-4-14(16-8-5-10(2)28-16)24-18-11(3)20(26)19(18)25-15-7-6-13(22)12-9-23-21(27)17(12)15/h5-8,14,24-25H,3-4,9H2,1-2H3,(H,23,27)/t14-/m1/s1. The Kier molecular flexibility index (Phi) is 4.51. The lowest BCUT2D eigenvalue weighted by Gasteiger charge is -2.30. The summed E-state index contributed by atoms with van der Waals surface area (Å²) in [6.45, 7) is 8.16. The molecule has 0 bridgehead atoms. The van der Waals surface area contributed by atoms with Crippen LogP contribution in [0, 0.1) is 6.92 Å². The first-order valence-corrected chi connectivity index (χ1v) is 9.46. The SMILES string of the molecule is C=C1C(=O)C(Nc2ccc(Cl)c3c2C(=O)NC3)=C1N[C@H](CC)c1ccc(C)o1. The first-order chi connectivity index (χ1) is 13.4. The Morgan fingerprint density at radius 1 is 1.25 bits per heavy atom. The quantitative estimate of drug-likeness (QED) is 0.642. The Balaban J connectivity index is 1.66. The van der Waals surface area contributed by atoms with Gasteiger partial charge in [-0.05, 0) is 37.6 Å². The Bertz CT molecular complexity index is 1050. The molecule has 1 aliphatic carbocycles. The van der Waals surface area contributed by atoms with Crippen molar-refractivity contribution in [2.45, 2.75) is 32.9 Å². The zero-order chi connectivity index (χ0) is 20.0. The van der Waals surface area contributed by atoms with E-state index in [1.807, 2.05) is 26.0 Å². The first kappa shape index (κ1) is 18.4. The number of fused-ring (bicyclic) bond motifs is 1. The summed E-state index contributed by atoms with van der Waals surface area (Å²) in [5.41, 5.74) is 3.17. The molecule has 1 aromatic heterocycles. The van der Waals surface area contributed by atoms with Gasteiger partial charge >= 0.3 is 0 Å². The maximum Gasteiger partial charge on any atom is 0.254 e. The Morgan fingerprint density at radius 3 is 2.71 bits per heavy atom. The molecule has 28 heavy (non-hydrogen) atoms. The number of amides is 1. The van der Waals surface area contributed by atoms with E-state index in [0.29, 0.717) is 39.8 Å². The van der Waals surface area contributed by atoms with Gasteiger partial charge in [-0.1, -0.05) is 25.1 Å². The zero-order valence-electron chi connectivity index (χ0n) is 15.6. The topological polar surface area (TPSA) is 83.4 Å².